The standard InChI is InChI=1S/C14H19NO3/c16-12-6-5-7-13(10-12)18-11-14(17)15-8-3-1-2-4-9-15/h5-7,10,16H,1-4,8-9,11H2. The average molecular weight is 249 g/mol. The van der Waals surface area contributed by atoms with Crippen LogP contribution < -0.4 is 4.74 Å². The van der Waals surface area contributed by atoms with Gasteiger partial charge in [-0.3, -0.25) is 4.79 Å². The van der Waals surface area contributed by atoms with E-state index in [1.54, 1.807) is 18.2 Å². The molecule has 0 unspecified atom stereocenters. The molecule has 0 radical (unpaired) electrons. The van der Waals surface area contributed by atoms with Crippen LogP contribution in [0.3, 0.4) is 0 Å². The lowest BCUT2D eigenvalue weighted by molar-refractivity contribution is -0.133. The highest BCUT2D eigenvalue weighted by molar-refractivity contribution is 5.77. The van der Waals surface area contributed by atoms with Crippen LogP contribution in [0.25, 0.3) is 0 Å². The second-order valence-corrected chi connectivity index (χ2v) is 4.58. The number of rotatable bonds is 3. The molecule has 1 saturated heterocycles. The first-order valence-corrected chi connectivity index (χ1v) is 6.45. The van der Waals surface area contributed by atoms with Gasteiger partial charge < -0.3 is 14.7 Å². The largest absolute Gasteiger partial charge is 0.508 e. The number of carbonyl (C=O) groups is 1. The van der Waals surface area contributed by atoms with Gasteiger partial charge in [0.05, 0.1) is 0 Å². The number of benzene rings is 1. The van der Waals surface area contributed by atoms with Gasteiger partial charge in [-0.1, -0.05) is 18.9 Å². The summed E-state index contributed by atoms with van der Waals surface area (Å²) < 4.78 is 5.39. The first kappa shape index (κ1) is 12.7. The number of carbonyl (C=O) groups excluding carboxylic acids is 1. The monoisotopic (exact) mass is 249 g/mol. The molecule has 4 heteroatoms. The van der Waals surface area contributed by atoms with E-state index in [-0.39, 0.29) is 18.3 Å². The Morgan fingerprint density at radius 2 is 1.94 bits per heavy atom. The van der Waals surface area contributed by atoms with Gasteiger partial charge in [-0.25, -0.2) is 0 Å². The van der Waals surface area contributed by atoms with Crippen molar-refractivity contribution in [1.29, 1.82) is 0 Å². The number of amides is 1. The normalized spacial score (nSPS) is 16.1. The molecule has 1 aromatic rings. The molecule has 2 rings (SSSR count). The minimum Gasteiger partial charge on any atom is -0.508 e. The fraction of sp³-hybridized carbons (Fsp3) is 0.500. The minimum absolute atomic E-state index is 0.0280. The Kier molecular flexibility index (Phi) is 4.45. The zero-order valence-electron chi connectivity index (χ0n) is 10.5. The van der Waals surface area contributed by atoms with Crippen LogP contribution >= 0.6 is 0 Å². The van der Waals surface area contributed by atoms with Gasteiger partial charge in [-0.2, -0.15) is 0 Å². The van der Waals surface area contributed by atoms with Crippen molar-refractivity contribution in [2.24, 2.45) is 0 Å². The van der Waals surface area contributed by atoms with E-state index in [1.807, 2.05) is 4.90 Å². The predicted octanol–water partition coefficient (Wildman–Crippen LogP) is 2.17. The van der Waals surface area contributed by atoms with Crippen molar-refractivity contribution < 1.29 is 14.6 Å². The Balaban J connectivity index is 1.83. The van der Waals surface area contributed by atoms with Crippen molar-refractivity contribution in [3.63, 3.8) is 0 Å². The zero-order valence-corrected chi connectivity index (χ0v) is 10.5. The summed E-state index contributed by atoms with van der Waals surface area (Å²) in [6, 6.07) is 6.51. The summed E-state index contributed by atoms with van der Waals surface area (Å²) in [6.45, 7) is 1.72. The average Bonchev–Trinajstić information content (AvgIpc) is 2.65. The van der Waals surface area contributed by atoms with E-state index in [2.05, 4.69) is 0 Å². The van der Waals surface area contributed by atoms with E-state index < -0.39 is 0 Å². The highest BCUT2D eigenvalue weighted by atomic mass is 16.5. The Morgan fingerprint density at radius 3 is 2.61 bits per heavy atom. The summed E-state index contributed by atoms with van der Waals surface area (Å²) in [5.41, 5.74) is 0. The highest BCUT2D eigenvalue weighted by Crippen LogP contribution is 2.18. The summed E-state index contributed by atoms with van der Waals surface area (Å²) in [7, 11) is 0. The Hall–Kier alpha value is -1.71. The summed E-state index contributed by atoms with van der Waals surface area (Å²) in [5.74, 6) is 0.702. The van der Waals surface area contributed by atoms with Crippen molar-refractivity contribution in [3.8, 4) is 11.5 Å². The number of likely N-dealkylation sites (tertiary alicyclic amines) is 1. The number of phenolic OH excluding ortho intramolecular Hbond substituents is 1. The van der Waals surface area contributed by atoms with E-state index >= 15 is 0 Å². The number of hydrogen-bond acceptors (Lipinski definition) is 3. The SMILES string of the molecule is O=C(COc1cccc(O)c1)N1CCCCCC1. The van der Waals surface area contributed by atoms with E-state index in [0.717, 1.165) is 25.9 Å². The van der Waals surface area contributed by atoms with Gasteiger partial charge in [0.25, 0.3) is 5.91 Å². The van der Waals surface area contributed by atoms with Crippen LogP contribution in [0.4, 0.5) is 0 Å². The lowest BCUT2D eigenvalue weighted by Crippen LogP contribution is -2.35. The number of phenols is 1. The van der Waals surface area contributed by atoms with Crippen molar-refractivity contribution in [3.05, 3.63) is 24.3 Å². The predicted molar refractivity (Wildman–Crippen MR) is 68.6 cm³/mol. The Morgan fingerprint density at radius 1 is 1.22 bits per heavy atom. The second-order valence-electron chi connectivity index (χ2n) is 4.58. The van der Waals surface area contributed by atoms with Crippen LogP contribution in [0.15, 0.2) is 24.3 Å². The molecule has 0 bridgehead atoms. The van der Waals surface area contributed by atoms with E-state index in [4.69, 9.17) is 4.74 Å². The molecule has 0 atom stereocenters. The molecule has 4 nitrogen and oxygen atoms in total. The molecule has 1 N–H and O–H groups in total. The third-order valence-electron chi connectivity index (χ3n) is 3.14. The molecule has 1 aliphatic rings. The maximum atomic E-state index is 11.9. The van der Waals surface area contributed by atoms with Crippen LogP contribution in [-0.4, -0.2) is 35.6 Å². The smallest absolute Gasteiger partial charge is 0.260 e. The molecule has 0 aromatic heterocycles. The van der Waals surface area contributed by atoms with Crippen molar-refractivity contribution in [1.82, 2.24) is 4.90 Å². The van der Waals surface area contributed by atoms with Crippen molar-refractivity contribution >= 4 is 5.91 Å². The van der Waals surface area contributed by atoms with E-state index in [1.165, 1.54) is 18.9 Å². The van der Waals surface area contributed by atoms with Gasteiger partial charge in [-0.05, 0) is 25.0 Å². The van der Waals surface area contributed by atoms with Gasteiger partial charge >= 0.3 is 0 Å². The van der Waals surface area contributed by atoms with E-state index in [0.29, 0.717) is 5.75 Å². The number of hydrogen-bond donors (Lipinski definition) is 1. The molecule has 1 aromatic carbocycles. The third-order valence-corrected chi connectivity index (χ3v) is 3.14. The fourth-order valence-corrected chi connectivity index (χ4v) is 2.13. The summed E-state index contributed by atoms with van der Waals surface area (Å²) in [6.07, 6.45) is 4.57. The molecule has 1 heterocycles. The molecule has 0 spiro atoms. The van der Waals surface area contributed by atoms with Gasteiger partial charge in [-0.15, -0.1) is 0 Å². The van der Waals surface area contributed by atoms with Crippen LogP contribution in [-0.2, 0) is 4.79 Å². The molecule has 0 aliphatic carbocycles. The molecular weight excluding hydrogens is 230 g/mol. The van der Waals surface area contributed by atoms with Crippen LogP contribution in [0, 0.1) is 0 Å². The van der Waals surface area contributed by atoms with E-state index in [9.17, 15) is 9.90 Å². The van der Waals surface area contributed by atoms with Crippen LogP contribution in [0.2, 0.25) is 0 Å². The van der Waals surface area contributed by atoms with Gasteiger partial charge in [0.2, 0.25) is 0 Å². The summed E-state index contributed by atoms with van der Waals surface area (Å²) >= 11 is 0. The summed E-state index contributed by atoms with van der Waals surface area (Å²) in [4.78, 5) is 13.8. The van der Waals surface area contributed by atoms with Gasteiger partial charge in [0.1, 0.15) is 11.5 Å². The maximum Gasteiger partial charge on any atom is 0.260 e. The Labute approximate surface area is 107 Å². The fourth-order valence-electron chi connectivity index (χ4n) is 2.13. The second kappa shape index (κ2) is 6.28. The molecule has 1 fully saturated rings. The zero-order chi connectivity index (χ0) is 12.8. The number of aromatic hydroxyl groups is 1. The quantitative estimate of drug-likeness (QED) is 0.893. The molecule has 98 valence electrons. The van der Waals surface area contributed by atoms with Gasteiger partial charge in [0.15, 0.2) is 6.61 Å². The van der Waals surface area contributed by atoms with Crippen LogP contribution in [0.5, 0.6) is 11.5 Å². The molecular formula is C14H19NO3. The van der Waals surface area contributed by atoms with Crippen LogP contribution in [0.1, 0.15) is 25.7 Å². The summed E-state index contributed by atoms with van der Waals surface area (Å²) in [5, 5.41) is 9.29. The first-order chi connectivity index (χ1) is 8.75. The topological polar surface area (TPSA) is 49.8 Å². The Bertz CT molecular complexity index is 398. The molecule has 1 aliphatic heterocycles. The molecule has 0 saturated carbocycles. The minimum atomic E-state index is 0.0280. The first-order valence-electron chi connectivity index (χ1n) is 6.45. The van der Waals surface area contributed by atoms with Crippen molar-refractivity contribution in [2.45, 2.75) is 25.7 Å². The molecule has 1 amide bonds. The van der Waals surface area contributed by atoms with Gasteiger partial charge in [0, 0.05) is 19.2 Å². The lowest BCUT2D eigenvalue weighted by Gasteiger charge is -2.20. The highest BCUT2D eigenvalue weighted by Gasteiger charge is 2.15. The number of ether oxygens (including phenoxy) is 1. The third kappa shape index (κ3) is 3.65. The molecule has 18 heavy (non-hydrogen) atoms. The maximum absolute atomic E-state index is 11.9. The lowest BCUT2D eigenvalue weighted by atomic mass is 10.2. The van der Waals surface area contributed by atoms with Crippen molar-refractivity contribution in [2.75, 3.05) is 19.7 Å². The number of nitrogens with zero attached hydrogens (tertiary/aromatic N) is 1.